The van der Waals surface area contributed by atoms with E-state index in [0.29, 0.717) is 35.9 Å². The largest absolute Gasteiger partial charge is 0.493 e. The Labute approximate surface area is 180 Å². The summed E-state index contributed by atoms with van der Waals surface area (Å²) in [5.41, 5.74) is 8.54. The molecule has 2 heterocycles. The number of H-pyrrole nitrogens is 1. The van der Waals surface area contributed by atoms with E-state index in [1.165, 1.54) is 6.33 Å². The second-order valence-electron chi connectivity index (χ2n) is 8.40. The first-order chi connectivity index (χ1) is 14.8. The minimum Gasteiger partial charge on any atom is -0.493 e. The number of Topliss-reactive ketones (excluding diaryl/α,β-unsaturated/α-hetero) is 1. The molecule has 0 fully saturated rings. The number of hydrogen-bond acceptors (Lipinski definition) is 8. The number of carbonyl (C=O) groups excluding carboxylic acids is 1. The fraction of sp³-hybridized carbons (Fsp3) is 0.364. The van der Waals surface area contributed by atoms with Crippen LogP contribution in [0.15, 0.2) is 47.2 Å². The van der Waals surface area contributed by atoms with E-state index >= 15 is 0 Å². The number of nitriles is 1. The average molecular weight is 420 g/mol. The van der Waals surface area contributed by atoms with Gasteiger partial charge in [-0.15, -0.1) is 0 Å². The van der Waals surface area contributed by atoms with Crippen molar-refractivity contribution in [1.82, 2.24) is 15.2 Å². The Morgan fingerprint density at radius 2 is 2.00 bits per heavy atom. The zero-order chi connectivity index (χ0) is 22.3. The van der Waals surface area contributed by atoms with Gasteiger partial charge < -0.3 is 15.2 Å². The summed E-state index contributed by atoms with van der Waals surface area (Å²) < 4.78 is 10.8. The van der Waals surface area contributed by atoms with E-state index in [-0.39, 0.29) is 22.6 Å². The monoisotopic (exact) mass is 420 g/mol. The highest BCUT2D eigenvalue weighted by molar-refractivity contribution is 6.01. The molecular weight excluding hydrogens is 396 g/mol. The zero-order valence-corrected chi connectivity index (χ0v) is 17.9. The Balaban J connectivity index is 1.98. The molecule has 2 aliphatic rings. The summed E-state index contributed by atoms with van der Waals surface area (Å²) in [6, 6.07) is 7.61. The fourth-order valence-electron chi connectivity index (χ4n) is 4.42. The SMILES string of the molecule is COc1ccc(C2C(C#N)=C(N)N(c3ncn[nH]3)C3=C2C(=O)CC(C)(C)C3)cc1OC. The number of aromatic amines is 1. The van der Waals surface area contributed by atoms with Crippen LogP contribution in [0, 0.1) is 16.7 Å². The maximum atomic E-state index is 13.4. The van der Waals surface area contributed by atoms with Crippen LogP contribution >= 0.6 is 0 Å². The molecule has 31 heavy (non-hydrogen) atoms. The van der Waals surface area contributed by atoms with Gasteiger partial charge in [-0.05, 0) is 29.5 Å². The van der Waals surface area contributed by atoms with Gasteiger partial charge in [0, 0.05) is 17.7 Å². The number of nitrogens with one attached hydrogen (secondary N) is 1. The van der Waals surface area contributed by atoms with Gasteiger partial charge in [-0.3, -0.25) is 9.69 Å². The summed E-state index contributed by atoms with van der Waals surface area (Å²) in [6.45, 7) is 4.08. The number of nitrogens with zero attached hydrogens (tertiary/aromatic N) is 4. The van der Waals surface area contributed by atoms with Gasteiger partial charge >= 0.3 is 0 Å². The lowest BCUT2D eigenvalue weighted by atomic mass is 9.68. The maximum Gasteiger partial charge on any atom is 0.231 e. The molecule has 1 aromatic heterocycles. The summed E-state index contributed by atoms with van der Waals surface area (Å²) in [7, 11) is 3.10. The standard InChI is InChI=1S/C22H24N6O3/c1-22(2)8-14-19(15(29)9-22)18(12-5-6-16(30-3)17(7-12)31-4)13(10-23)20(24)28(14)21-25-11-26-27-21/h5-7,11,18H,8-9,24H2,1-4H3,(H,25,26,27). The van der Waals surface area contributed by atoms with Crippen LogP contribution in [-0.4, -0.2) is 35.2 Å². The highest BCUT2D eigenvalue weighted by atomic mass is 16.5. The number of nitrogens with two attached hydrogens (primary N) is 1. The van der Waals surface area contributed by atoms with E-state index in [9.17, 15) is 10.1 Å². The smallest absolute Gasteiger partial charge is 0.231 e. The third kappa shape index (κ3) is 3.30. The number of ketones is 1. The van der Waals surface area contributed by atoms with Crippen molar-refractivity contribution in [3.05, 3.63) is 52.8 Å². The predicted octanol–water partition coefficient (Wildman–Crippen LogP) is 2.76. The van der Waals surface area contributed by atoms with Crippen LogP contribution in [0.5, 0.6) is 11.5 Å². The Bertz CT molecular complexity index is 1140. The Hall–Kier alpha value is -3.80. The molecule has 3 N–H and O–H groups in total. The Kier molecular flexibility index (Phi) is 4.93. The molecule has 0 saturated heterocycles. The Morgan fingerprint density at radius 3 is 2.61 bits per heavy atom. The number of rotatable bonds is 4. The lowest BCUT2D eigenvalue weighted by Crippen LogP contribution is -2.42. The van der Waals surface area contributed by atoms with Crippen molar-refractivity contribution in [2.24, 2.45) is 11.1 Å². The number of allylic oxidation sites excluding steroid dienone is 3. The minimum atomic E-state index is -0.609. The normalized spacial score (nSPS) is 20.4. The number of carbonyl (C=O) groups is 1. The summed E-state index contributed by atoms with van der Waals surface area (Å²) in [6.07, 6.45) is 2.33. The van der Waals surface area contributed by atoms with Gasteiger partial charge in [-0.1, -0.05) is 19.9 Å². The second-order valence-corrected chi connectivity index (χ2v) is 8.40. The topological polar surface area (TPSA) is 130 Å². The summed E-state index contributed by atoms with van der Waals surface area (Å²) >= 11 is 0. The maximum absolute atomic E-state index is 13.4. The lowest BCUT2D eigenvalue weighted by Gasteiger charge is -2.42. The third-order valence-corrected chi connectivity index (χ3v) is 5.74. The number of hydrogen-bond donors (Lipinski definition) is 2. The molecule has 0 radical (unpaired) electrons. The quantitative estimate of drug-likeness (QED) is 0.772. The second kappa shape index (κ2) is 7.47. The van der Waals surface area contributed by atoms with Gasteiger partial charge in [-0.2, -0.15) is 15.3 Å². The molecule has 9 heteroatoms. The summed E-state index contributed by atoms with van der Waals surface area (Å²) in [4.78, 5) is 19.3. The van der Waals surface area contributed by atoms with Gasteiger partial charge in [0.15, 0.2) is 17.3 Å². The van der Waals surface area contributed by atoms with Gasteiger partial charge in [0.05, 0.1) is 31.8 Å². The molecule has 0 amide bonds. The lowest BCUT2D eigenvalue weighted by molar-refractivity contribution is -0.118. The molecule has 9 nitrogen and oxygen atoms in total. The van der Waals surface area contributed by atoms with Crippen LogP contribution < -0.4 is 20.1 Å². The van der Waals surface area contributed by atoms with Gasteiger partial charge in [-0.25, -0.2) is 5.10 Å². The van der Waals surface area contributed by atoms with Gasteiger partial charge in [0.2, 0.25) is 5.95 Å². The number of aromatic nitrogens is 3. The van der Waals surface area contributed by atoms with Crippen molar-refractivity contribution in [2.75, 3.05) is 19.1 Å². The van der Waals surface area contributed by atoms with E-state index in [0.717, 1.165) is 11.3 Å². The van der Waals surface area contributed by atoms with Crippen molar-refractivity contribution in [2.45, 2.75) is 32.6 Å². The number of methoxy groups -OCH3 is 2. The van der Waals surface area contributed by atoms with Crippen LogP contribution in [0.1, 0.15) is 38.2 Å². The van der Waals surface area contributed by atoms with Crippen LogP contribution in [-0.2, 0) is 4.79 Å². The first-order valence-corrected chi connectivity index (χ1v) is 9.84. The van der Waals surface area contributed by atoms with Crippen LogP contribution in [0.25, 0.3) is 0 Å². The molecule has 0 bridgehead atoms. The van der Waals surface area contributed by atoms with Crippen LogP contribution in [0.3, 0.4) is 0 Å². The van der Waals surface area contributed by atoms with Crippen molar-refractivity contribution in [1.29, 1.82) is 5.26 Å². The van der Waals surface area contributed by atoms with E-state index in [2.05, 4.69) is 21.3 Å². The van der Waals surface area contributed by atoms with E-state index < -0.39 is 5.92 Å². The fourth-order valence-corrected chi connectivity index (χ4v) is 4.42. The minimum absolute atomic E-state index is 0.0178. The Morgan fingerprint density at radius 1 is 1.26 bits per heavy atom. The summed E-state index contributed by atoms with van der Waals surface area (Å²) in [5, 5.41) is 16.8. The molecule has 2 aromatic rings. The number of anilines is 1. The molecule has 1 unspecified atom stereocenters. The van der Waals surface area contributed by atoms with Crippen molar-refractivity contribution < 1.29 is 14.3 Å². The number of benzene rings is 1. The molecule has 160 valence electrons. The molecular formula is C22H24N6O3. The highest BCUT2D eigenvalue weighted by Crippen LogP contribution is 2.50. The van der Waals surface area contributed by atoms with Crippen molar-refractivity contribution in [3.63, 3.8) is 0 Å². The molecule has 0 saturated carbocycles. The van der Waals surface area contributed by atoms with E-state index in [1.807, 2.05) is 19.9 Å². The molecule has 4 rings (SSSR count). The van der Waals surface area contributed by atoms with Crippen molar-refractivity contribution >= 4 is 11.7 Å². The molecule has 1 aromatic carbocycles. The van der Waals surface area contributed by atoms with Gasteiger partial charge in [0.1, 0.15) is 12.1 Å². The zero-order valence-electron chi connectivity index (χ0n) is 17.9. The first kappa shape index (κ1) is 20.5. The van der Waals surface area contributed by atoms with E-state index in [1.54, 1.807) is 31.3 Å². The van der Waals surface area contributed by atoms with Crippen molar-refractivity contribution in [3.8, 4) is 17.6 Å². The number of ether oxygens (including phenoxy) is 2. The third-order valence-electron chi connectivity index (χ3n) is 5.74. The first-order valence-electron chi connectivity index (χ1n) is 9.84. The average Bonchev–Trinajstić information content (AvgIpc) is 3.25. The van der Waals surface area contributed by atoms with Crippen LogP contribution in [0.2, 0.25) is 0 Å². The summed E-state index contributed by atoms with van der Waals surface area (Å²) in [5.74, 6) is 1.04. The molecule has 1 aliphatic carbocycles. The molecule has 0 spiro atoms. The van der Waals surface area contributed by atoms with Crippen LogP contribution in [0.4, 0.5) is 5.95 Å². The molecule has 1 atom stereocenters. The highest BCUT2D eigenvalue weighted by Gasteiger charge is 2.45. The van der Waals surface area contributed by atoms with E-state index in [4.69, 9.17) is 15.2 Å². The van der Waals surface area contributed by atoms with Gasteiger partial charge in [0.25, 0.3) is 0 Å². The predicted molar refractivity (Wildman–Crippen MR) is 113 cm³/mol. The molecule has 1 aliphatic heterocycles.